The summed E-state index contributed by atoms with van der Waals surface area (Å²) in [4.78, 5) is 12.4. The lowest BCUT2D eigenvalue weighted by molar-refractivity contribution is -0.0501. The van der Waals surface area contributed by atoms with E-state index in [4.69, 9.17) is 0 Å². The molecule has 1 aromatic carbocycles. The Morgan fingerprint density at radius 3 is 2.70 bits per heavy atom. The third kappa shape index (κ3) is 3.85. The highest BCUT2D eigenvalue weighted by atomic mass is 19.3. The van der Waals surface area contributed by atoms with E-state index in [1.807, 2.05) is 25.5 Å². The van der Waals surface area contributed by atoms with Gasteiger partial charge in [0.15, 0.2) is 0 Å². The first-order chi connectivity index (χ1) is 10.9. The Balaban J connectivity index is 2.17. The molecular formula is C16H19F2N3O2. The van der Waals surface area contributed by atoms with Gasteiger partial charge in [0.05, 0.1) is 17.8 Å². The monoisotopic (exact) mass is 323 g/mol. The highest BCUT2D eigenvalue weighted by Crippen LogP contribution is 2.22. The third-order valence-electron chi connectivity index (χ3n) is 3.60. The van der Waals surface area contributed by atoms with Crippen molar-refractivity contribution in [1.82, 2.24) is 15.1 Å². The molecule has 2 rings (SSSR count). The van der Waals surface area contributed by atoms with Gasteiger partial charge < -0.3 is 10.1 Å². The Morgan fingerprint density at radius 1 is 1.39 bits per heavy atom. The molecule has 1 atom stereocenters. The van der Waals surface area contributed by atoms with Gasteiger partial charge in [-0.3, -0.25) is 9.48 Å². The van der Waals surface area contributed by atoms with Crippen molar-refractivity contribution in [2.24, 2.45) is 0 Å². The smallest absolute Gasteiger partial charge is 0.387 e. The molecule has 124 valence electrons. The van der Waals surface area contributed by atoms with E-state index in [-0.39, 0.29) is 17.4 Å². The molecule has 0 bridgehead atoms. The van der Waals surface area contributed by atoms with Crippen LogP contribution in [0.1, 0.15) is 41.5 Å². The SMILES string of the molecule is CCn1ncc(C(C)NC(=O)c2ccccc2OC(F)F)c1C. The first-order valence-electron chi connectivity index (χ1n) is 7.31. The number of hydrogen-bond acceptors (Lipinski definition) is 3. The standard InChI is InChI=1S/C16H19F2N3O2/c1-4-21-11(3)13(9-19-21)10(2)20-15(22)12-7-5-6-8-14(12)23-16(17)18/h5-10,16H,4H2,1-3H3,(H,20,22). The molecule has 1 N–H and O–H groups in total. The third-order valence-corrected chi connectivity index (χ3v) is 3.60. The minimum absolute atomic E-state index is 0.0696. The Hall–Kier alpha value is -2.44. The minimum atomic E-state index is -2.98. The van der Waals surface area contributed by atoms with Crippen molar-refractivity contribution in [3.63, 3.8) is 0 Å². The van der Waals surface area contributed by atoms with Gasteiger partial charge >= 0.3 is 6.61 Å². The fourth-order valence-electron chi connectivity index (χ4n) is 2.41. The Bertz CT molecular complexity index is 686. The molecule has 1 heterocycles. The average Bonchev–Trinajstić information content (AvgIpc) is 2.88. The summed E-state index contributed by atoms with van der Waals surface area (Å²) in [5.74, 6) is -0.620. The van der Waals surface area contributed by atoms with Crippen molar-refractivity contribution in [2.75, 3.05) is 0 Å². The van der Waals surface area contributed by atoms with E-state index in [1.54, 1.807) is 12.3 Å². The number of nitrogens with one attached hydrogen (secondary N) is 1. The average molecular weight is 323 g/mol. The molecule has 0 saturated carbocycles. The lowest BCUT2D eigenvalue weighted by atomic mass is 10.1. The summed E-state index contributed by atoms with van der Waals surface area (Å²) in [6.07, 6.45) is 1.70. The summed E-state index contributed by atoms with van der Waals surface area (Å²) in [6, 6.07) is 5.61. The van der Waals surface area contributed by atoms with Crippen molar-refractivity contribution in [1.29, 1.82) is 0 Å². The van der Waals surface area contributed by atoms with E-state index in [1.165, 1.54) is 18.2 Å². The molecule has 1 unspecified atom stereocenters. The molecule has 5 nitrogen and oxygen atoms in total. The Labute approximate surface area is 133 Å². The number of amides is 1. The second-order valence-electron chi connectivity index (χ2n) is 5.07. The van der Waals surface area contributed by atoms with Crippen LogP contribution < -0.4 is 10.1 Å². The summed E-state index contributed by atoms with van der Waals surface area (Å²) < 4.78 is 31.1. The molecule has 0 spiro atoms. The van der Waals surface area contributed by atoms with Crippen molar-refractivity contribution in [2.45, 2.75) is 40.0 Å². The number of rotatable bonds is 6. The number of alkyl halides is 2. The van der Waals surface area contributed by atoms with E-state index >= 15 is 0 Å². The van der Waals surface area contributed by atoms with E-state index < -0.39 is 12.5 Å². The van der Waals surface area contributed by atoms with Crippen LogP contribution in [-0.2, 0) is 6.54 Å². The number of ether oxygens (including phenoxy) is 1. The molecule has 0 aliphatic rings. The summed E-state index contributed by atoms with van der Waals surface area (Å²) in [6.45, 7) is 3.47. The van der Waals surface area contributed by atoms with Gasteiger partial charge in [0.2, 0.25) is 0 Å². The van der Waals surface area contributed by atoms with Crippen molar-refractivity contribution in [3.05, 3.63) is 47.3 Å². The number of benzene rings is 1. The van der Waals surface area contributed by atoms with Crippen molar-refractivity contribution in [3.8, 4) is 5.75 Å². The second-order valence-corrected chi connectivity index (χ2v) is 5.07. The van der Waals surface area contributed by atoms with Gasteiger partial charge in [-0.25, -0.2) is 0 Å². The molecule has 0 aliphatic carbocycles. The maximum Gasteiger partial charge on any atom is 0.387 e. The van der Waals surface area contributed by atoms with Crippen LogP contribution in [0.5, 0.6) is 5.75 Å². The Kier molecular flexibility index (Phi) is 5.31. The topological polar surface area (TPSA) is 56.2 Å². The first-order valence-corrected chi connectivity index (χ1v) is 7.31. The van der Waals surface area contributed by atoms with Crippen molar-refractivity contribution < 1.29 is 18.3 Å². The quantitative estimate of drug-likeness (QED) is 0.887. The number of halogens is 2. The number of hydrogen-bond donors (Lipinski definition) is 1. The molecule has 0 aliphatic heterocycles. The van der Waals surface area contributed by atoms with Gasteiger partial charge in [-0.2, -0.15) is 13.9 Å². The number of nitrogens with zero attached hydrogens (tertiary/aromatic N) is 2. The lowest BCUT2D eigenvalue weighted by Gasteiger charge is -2.16. The minimum Gasteiger partial charge on any atom is -0.434 e. The van der Waals surface area contributed by atoms with Gasteiger partial charge in [0, 0.05) is 17.8 Å². The number of aryl methyl sites for hydroxylation is 1. The molecule has 0 fully saturated rings. The summed E-state index contributed by atoms with van der Waals surface area (Å²) in [7, 11) is 0. The molecule has 0 saturated heterocycles. The molecular weight excluding hydrogens is 304 g/mol. The number of carbonyl (C=O) groups is 1. The van der Waals surface area contributed by atoms with Crippen LogP contribution in [0, 0.1) is 6.92 Å². The van der Waals surface area contributed by atoms with Crippen molar-refractivity contribution >= 4 is 5.91 Å². The van der Waals surface area contributed by atoms with E-state index in [9.17, 15) is 13.6 Å². The number of carbonyl (C=O) groups excluding carboxylic acids is 1. The molecule has 7 heteroatoms. The molecule has 2 aromatic rings. The number of para-hydroxylation sites is 1. The maximum absolute atomic E-state index is 12.4. The first kappa shape index (κ1) is 16.9. The van der Waals surface area contributed by atoms with Crippen LogP contribution in [0.2, 0.25) is 0 Å². The summed E-state index contributed by atoms with van der Waals surface area (Å²) in [5, 5.41) is 7.02. The number of aromatic nitrogens is 2. The van der Waals surface area contributed by atoms with Gasteiger partial charge in [-0.05, 0) is 32.9 Å². The van der Waals surface area contributed by atoms with E-state index in [0.717, 1.165) is 17.8 Å². The van der Waals surface area contributed by atoms with Crippen LogP contribution in [0.15, 0.2) is 30.5 Å². The highest BCUT2D eigenvalue weighted by Gasteiger charge is 2.19. The largest absolute Gasteiger partial charge is 0.434 e. The fourth-order valence-corrected chi connectivity index (χ4v) is 2.41. The zero-order valence-electron chi connectivity index (χ0n) is 13.2. The lowest BCUT2D eigenvalue weighted by Crippen LogP contribution is -2.27. The fraction of sp³-hybridized carbons (Fsp3) is 0.375. The molecule has 0 radical (unpaired) electrons. The normalized spacial score (nSPS) is 12.3. The Morgan fingerprint density at radius 2 is 2.09 bits per heavy atom. The van der Waals surface area contributed by atoms with Gasteiger partial charge in [0.1, 0.15) is 5.75 Å². The molecule has 1 aromatic heterocycles. The van der Waals surface area contributed by atoms with E-state index in [0.29, 0.717) is 0 Å². The zero-order chi connectivity index (χ0) is 17.0. The van der Waals surface area contributed by atoms with E-state index in [2.05, 4.69) is 15.2 Å². The van der Waals surface area contributed by atoms with Crippen LogP contribution in [0.3, 0.4) is 0 Å². The maximum atomic E-state index is 12.4. The molecule has 23 heavy (non-hydrogen) atoms. The van der Waals surface area contributed by atoms with Crippen LogP contribution in [0.25, 0.3) is 0 Å². The zero-order valence-corrected chi connectivity index (χ0v) is 13.2. The van der Waals surface area contributed by atoms with Crippen LogP contribution in [0.4, 0.5) is 8.78 Å². The predicted octanol–water partition coefficient (Wildman–Crippen LogP) is 3.30. The highest BCUT2D eigenvalue weighted by molar-refractivity contribution is 5.97. The van der Waals surface area contributed by atoms with Gasteiger partial charge in [-0.15, -0.1) is 0 Å². The summed E-state index contributed by atoms with van der Waals surface area (Å²) >= 11 is 0. The second kappa shape index (κ2) is 7.21. The van der Waals surface area contributed by atoms with Crippen LogP contribution >= 0.6 is 0 Å². The summed E-state index contributed by atoms with van der Waals surface area (Å²) in [5.41, 5.74) is 1.91. The molecule has 1 amide bonds. The predicted molar refractivity (Wildman–Crippen MR) is 81.6 cm³/mol. The van der Waals surface area contributed by atoms with Gasteiger partial charge in [0.25, 0.3) is 5.91 Å². The van der Waals surface area contributed by atoms with Gasteiger partial charge in [-0.1, -0.05) is 12.1 Å². The van der Waals surface area contributed by atoms with Crippen LogP contribution in [-0.4, -0.2) is 22.3 Å².